The summed E-state index contributed by atoms with van der Waals surface area (Å²) in [4.78, 5) is 2.17. The summed E-state index contributed by atoms with van der Waals surface area (Å²) >= 11 is 0. The van der Waals surface area contributed by atoms with E-state index in [-0.39, 0.29) is 12.8 Å². The average Bonchev–Trinajstić information content (AvgIpc) is 2.11. The molecule has 1 unspecified atom stereocenters. The zero-order valence-electron chi connectivity index (χ0n) is 8.69. The van der Waals surface area contributed by atoms with Crippen LogP contribution in [0, 0.1) is 0 Å². The number of alkyl halides is 2. The van der Waals surface area contributed by atoms with Gasteiger partial charge in [0.1, 0.15) is 0 Å². The second-order valence-corrected chi connectivity index (χ2v) is 4.33. The van der Waals surface area contributed by atoms with E-state index in [2.05, 4.69) is 18.7 Å². The van der Waals surface area contributed by atoms with Crippen LogP contribution >= 0.6 is 0 Å². The number of likely N-dealkylation sites (tertiary alicyclic amines) is 1. The molecule has 1 aliphatic heterocycles. The Kier molecular flexibility index (Phi) is 3.28. The minimum Gasteiger partial charge on any atom is -0.298 e. The molecule has 0 aromatic heterocycles. The van der Waals surface area contributed by atoms with Crippen molar-refractivity contribution < 1.29 is 8.78 Å². The van der Waals surface area contributed by atoms with Crippen LogP contribution in [-0.4, -0.2) is 29.5 Å². The molecule has 13 heavy (non-hydrogen) atoms. The normalized spacial score (nSPS) is 30.5. The molecule has 0 aromatic rings. The van der Waals surface area contributed by atoms with Gasteiger partial charge in [0.2, 0.25) is 5.92 Å². The molecular weight excluding hydrogens is 172 g/mol. The van der Waals surface area contributed by atoms with Crippen molar-refractivity contribution in [1.82, 2.24) is 4.90 Å². The lowest BCUT2D eigenvalue weighted by molar-refractivity contribution is -0.0136. The van der Waals surface area contributed by atoms with Crippen LogP contribution in [0.3, 0.4) is 0 Å². The highest BCUT2D eigenvalue weighted by Crippen LogP contribution is 2.30. The topological polar surface area (TPSA) is 3.24 Å². The third kappa shape index (κ3) is 2.90. The molecule has 0 aliphatic carbocycles. The first-order chi connectivity index (χ1) is 5.92. The zero-order valence-corrected chi connectivity index (χ0v) is 8.69. The summed E-state index contributed by atoms with van der Waals surface area (Å²) < 4.78 is 26.1. The predicted molar refractivity (Wildman–Crippen MR) is 50.1 cm³/mol. The molecule has 0 saturated carbocycles. The fourth-order valence-electron chi connectivity index (χ4n) is 1.99. The molecule has 1 nitrogen and oxygen atoms in total. The average molecular weight is 191 g/mol. The lowest BCUT2D eigenvalue weighted by atomic mass is 10.1. The van der Waals surface area contributed by atoms with E-state index >= 15 is 0 Å². The minimum absolute atomic E-state index is 0.0233. The Bertz CT molecular complexity index is 168. The lowest BCUT2D eigenvalue weighted by Crippen LogP contribution is -2.38. The van der Waals surface area contributed by atoms with E-state index in [4.69, 9.17) is 0 Å². The summed E-state index contributed by atoms with van der Waals surface area (Å²) in [6, 6.07) is 0.678. The van der Waals surface area contributed by atoms with Gasteiger partial charge >= 0.3 is 0 Å². The van der Waals surface area contributed by atoms with Crippen molar-refractivity contribution in [2.75, 3.05) is 6.54 Å². The van der Waals surface area contributed by atoms with Crippen LogP contribution < -0.4 is 0 Å². The van der Waals surface area contributed by atoms with E-state index in [1.807, 2.05) is 6.92 Å². The molecule has 1 atom stereocenters. The minimum atomic E-state index is -2.43. The maximum atomic E-state index is 13.0. The van der Waals surface area contributed by atoms with Crippen LogP contribution in [0.1, 0.15) is 40.0 Å². The number of rotatable bonds is 1. The number of hydrogen-bond acceptors (Lipinski definition) is 1. The molecule has 0 radical (unpaired) electrons. The highest BCUT2D eigenvalue weighted by atomic mass is 19.3. The number of halogens is 2. The Morgan fingerprint density at radius 3 is 2.46 bits per heavy atom. The van der Waals surface area contributed by atoms with E-state index in [1.165, 1.54) is 0 Å². The largest absolute Gasteiger partial charge is 0.298 e. The molecule has 78 valence electrons. The van der Waals surface area contributed by atoms with Gasteiger partial charge in [-0.3, -0.25) is 4.90 Å². The SMILES string of the molecule is CC(C)N1CCC(F)(F)CCC1C. The quantitative estimate of drug-likeness (QED) is 0.616. The second-order valence-electron chi connectivity index (χ2n) is 4.33. The van der Waals surface area contributed by atoms with E-state index in [9.17, 15) is 8.78 Å². The highest BCUT2D eigenvalue weighted by Gasteiger charge is 2.34. The first kappa shape index (κ1) is 10.9. The van der Waals surface area contributed by atoms with Crippen molar-refractivity contribution in [3.05, 3.63) is 0 Å². The molecule has 1 aliphatic rings. The molecular formula is C10H19F2N. The van der Waals surface area contributed by atoms with Gasteiger partial charge in [-0.2, -0.15) is 0 Å². The van der Waals surface area contributed by atoms with E-state index < -0.39 is 5.92 Å². The number of hydrogen-bond donors (Lipinski definition) is 0. The molecule has 1 saturated heterocycles. The van der Waals surface area contributed by atoms with Crippen LogP contribution in [0.5, 0.6) is 0 Å². The Hall–Kier alpha value is -0.180. The molecule has 1 fully saturated rings. The summed E-state index contributed by atoms with van der Waals surface area (Å²) in [6.07, 6.45) is 0.693. The Labute approximate surface area is 79.1 Å². The van der Waals surface area contributed by atoms with Gasteiger partial charge in [0.15, 0.2) is 0 Å². The summed E-state index contributed by atoms with van der Waals surface area (Å²) in [5.41, 5.74) is 0. The van der Waals surface area contributed by atoms with Gasteiger partial charge in [-0.1, -0.05) is 0 Å². The van der Waals surface area contributed by atoms with Gasteiger partial charge in [-0.05, 0) is 27.2 Å². The fourth-order valence-corrected chi connectivity index (χ4v) is 1.99. The number of nitrogens with zero attached hydrogens (tertiary/aromatic N) is 1. The van der Waals surface area contributed by atoms with Crippen molar-refractivity contribution in [3.63, 3.8) is 0 Å². The standard InChI is InChI=1S/C10H19F2N/c1-8(2)13-7-6-10(11,12)5-4-9(13)3/h8-9H,4-7H2,1-3H3. The van der Waals surface area contributed by atoms with Gasteiger partial charge in [0.25, 0.3) is 0 Å². The summed E-state index contributed by atoms with van der Waals surface area (Å²) in [7, 11) is 0. The molecule has 1 rings (SSSR count). The van der Waals surface area contributed by atoms with Gasteiger partial charge in [0, 0.05) is 31.5 Å². The van der Waals surface area contributed by atoms with Gasteiger partial charge < -0.3 is 0 Å². The second kappa shape index (κ2) is 3.91. The zero-order chi connectivity index (χ0) is 10.1. The van der Waals surface area contributed by atoms with Crippen LogP contribution in [0.15, 0.2) is 0 Å². The predicted octanol–water partition coefficient (Wildman–Crippen LogP) is 2.90. The first-order valence-electron chi connectivity index (χ1n) is 5.06. The third-order valence-electron chi connectivity index (χ3n) is 2.89. The maximum absolute atomic E-state index is 13.0. The van der Waals surface area contributed by atoms with Crippen LogP contribution in [0.25, 0.3) is 0 Å². The molecule has 0 aromatic carbocycles. The van der Waals surface area contributed by atoms with Crippen molar-refractivity contribution in [2.24, 2.45) is 0 Å². The van der Waals surface area contributed by atoms with Crippen LogP contribution in [0.2, 0.25) is 0 Å². The lowest BCUT2D eigenvalue weighted by Gasteiger charge is -2.30. The van der Waals surface area contributed by atoms with E-state index in [0.29, 0.717) is 25.0 Å². The monoisotopic (exact) mass is 191 g/mol. The van der Waals surface area contributed by atoms with Crippen molar-refractivity contribution >= 4 is 0 Å². The molecule has 3 heteroatoms. The third-order valence-corrected chi connectivity index (χ3v) is 2.89. The summed E-state index contributed by atoms with van der Waals surface area (Å²) in [6.45, 7) is 6.72. The molecule has 0 spiro atoms. The van der Waals surface area contributed by atoms with Gasteiger partial charge in [0.05, 0.1) is 0 Å². The van der Waals surface area contributed by atoms with Gasteiger partial charge in [-0.15, -0.1) is 0 Å². The molecule has 0 amide bonds. The smallest absolute Gasteiger partial charge is 0.249 e. The molecule has 0 N–H and O–H groups in total. The summed E-state index contributed by atoms with van der Waals surface area (Å²) in [5, 5.41) is 0. The van der Waals surface area contributed by atoms with Crippen molar-refractivity contribution in [1.29, 1.82) is 0 Å². The van der Waals surface area contributed by atoms with Crippen LogP contribution in [-0.2, 0) is 0 Å². The molecule has 0 bridgehead atoms. The summed E-state index contributed by atoms with van der Waals surface area (Å²) in [5.74, 6) is -2.43. The van der Waals surface area contributed by atoms with Crippen molar-refractivity contribution in [2.45, 2.75) is 58.0 Å². The maximum Gasteiger partial charge on any atom is 0.249 e. The Morgan fingerprint density at radius 1 is 1.31 bits per heavy atom. The van der Waals surface area contributed by atoms with E-state index in [0.717, 1.165) is 0 Å². The Balaban J connectivity index is 2.60. The van der Waals surface area contributed by atoms with Gasteiger partial charge in [-0.25, -0.2) is 8.78 Å². The molecule has 1 heterocycles. The fraction of sp³-hybridized carbons (Fsp3) is 1.00. The highest BCUT2D eigenvalue weighted by molar-refractivity contribution is 4.81. The van der Waals surface area contributed by atoms with Crippen LogP contribution in [0.4, 0.5) is 8.78 Å². The van der Waals surface area contributed by atoms with Crippen molar-refractivity contribution in [3.8, 4) is 0 Å². The van der Waals surface area contributed by atoms with E-state index in [1.54, 1.807) is 0 Å². The first-order valence-corrected chi connectivity index (χ1v) is 5.06. The Morgan fingerprint density at radius 2 is 1.92 bits per heavy atom.